The van der Waals surface area contributed by atoms with Crippen LogP contribution >= 0.6 is 0 Å². The normalized spacial score (nSPS) is 11.1. The molecule has 0 amide bonds. The monoisotopic (exact) mass is 278 g/mol. The van der Waals surface area contributed by atoms with Crippen molar-refractivity contribution in [3.63, 3.8) is 0 Å². The molecule has 3 N–H and O–H groups in total. The van der Waals surface area contributed by atoms with Gasteiger partial charge in [0.1, 0.15) is 0 Å². The quantitative estimate of drug-likeness (QED) is 0.666. The summed E-state index contributed by atoms with van der Waals surface area (Å²) in [6.45, 7) is 2.94. The summed E-state index contributed by atoms with van der Waals surface area (Å²) in [5.41, 5.74) is 12.2. The minimum Gasteiger partial charge on any atom is -0.354 e. The van der Waals surface area contributed by atoms with Crippen LogP contribution in [-0.4, -0.2) is 11.5 Å². The molecule has 21 heavy (non-hydrogen) atoms. The fraction of sp³-hybridized carbons (Fsp3) is 0.263. The van der Waals surface area contributed by atoms with Gasteiger partial charge in [0, 0.05) is 22.2 Å². The molecule has 0 radical (unpaired) electrons. The molecule has 2 nitrogen and oxygen atoms in total. The Morgan fingerprint density at radius 2 is 1.71 bits per heavy atom. The van der Waals surface area contributed by atoms with Gasteiger partial charge in [-0.25, -0.2) is 0 Å². The van der Waals surface area contributed by atoms with Crippen LogP contribution in [0.25, 0.3) is 22.2 Å². The maximum Gasteiger partial charge on any atom is 0.0500 e. The molecule has 3 rings (SSSR count). The zero-order chi connectivity index (χ0) is 14.7. The molecule has 2 heteroatoms. The second-order valence-corrected chi connectivity index (χ2v) is 5.58. The van der Waals surface area contributed by atoms with E-state index in [1.807, 2.05) is 0 Å². The Bertz CT molecular complexity index is 740. The van der Waals surface area contributed by atoms with E-state index in [1.54, 1.807) is 0 Å². The third kappa shape index (κ3) is 2.72. The number of benzene rings is 2. The maximum absolute atomic E-state index is 5.65. The molecular formula is C19H22N2. The summed E-state index contributed by atoms with van der Waals surface area (Å²) in [6.07, 6.45) is 3.29. The molecule has 0 aliphatic rings. The van der Waals surface area contributed by atoms with Gasteiger partial charge in [-0.3, -0.25) is 0 Å². The molecule has 0 aliphatic heterocycles. The van der Waals surface area contributed by atoms with Crippen LogP contribution < -0.4 is 5.73 Å². The molecular weight excluding hydrogens is 256 g/mol. The van der Waals surface area contributed by atoms with Crippen LogP contribution in [0.2, 0.25) is 0 Å². The van der Waals surface area contributed by atoms with Crippen molar-refractivity contribution in [1.29, 1.82) is 0 Å². The van der Waals surface area contributed by atoms with Crippen LogP contribution in [0.3, 0.4) is 0 Å². The predicted molar refractivity (Wildman–Crippen MR) is 90.5 cm³/mol. The van der Waals surface area contributed by atoms with E-state index in [4.69, 9.17) is 5.73 Å². The number of nitrogens with one attached hydrogen (secondary N) is 1. The molecule has 0 aliphatic carbocycles. The first-order chi connectivity index (χ1) is 10.3. The van der Waals surface area contributed by atoms with Crippen molar-refractivity contribution >= 4 is 10.9 Å². The standard InChI is InChI=1S/C19H22N2/c1-14-8-2-3-9-15(14)19-17(11-6-7-13-20)16-10-4-5-12-18(16)21-19/h2-5,8-10,12,21H,6-7,11,13,20H2,1H3. The first-order valence-corrected chi connectivity index (χ1v) is 7.67. The number of unbranched alkanes of at least 4 members (excludes halogenated alkanes) is 1. The summed E-state index contributed by atoms with van der Waals surface area (Å²) in [5.74, 6) is 0. The zero-order valence-corrected chi connectivity index (χ0v) is 12.5. The average molecular weight is 278 g/mol. The van der Waals surface area contributed by atoms with Crippen molar-refractivity contribution in [2.24, 2.45) is 5.73 Å². The highest BCUT2D eigenvalue weighted by molar-refractivity contribution is 5.91. The average Bonchev–Trinajstić information content (AvgIpc) is 2.87. The van der Waals surface area contributed by atoms with Crippen LogP contribution in [0.4, 0.5) is 0 Å². The maximum atomic E-state index is 5.65. The second kappa shape index (κ2) is 6.15. The molecule has 0 bridgehead atoms. The van der Waals surface area contributed by atoms with Crippen LogP contribution in [-0.2, 0) is 6.42 Å². The molecule has 3 aromatic rings. The minimum absolute atomic E-state index is 0.766. The minimum atomic E-state index is 0.766. The van der Waals surface area contributed by atoms with Crippen LogP contribution in [0.15, 0.2) is 48.5 Å². The Hall–Kier alpha value is -2.06. The van der Waals surface area contributed by atoms with Gasteiger partial charge in [-0.05, 0) is 49.9 Å². The number of hydrogen-bond donors (Lipinski definition) is 2. The first kappa shape index (κ1) is 13.9. The molecule has 0 spiro atoms. The molecule has 0 unspecified atom stereocenters. The number of para-hydroxylation sites is 1. The Kier molecular flexibility index (Phi) is 4.07. The van der Waals surface area contributed by atoms with E-state index in [1.165, 1.54) is 33.3 Å². The van der Waals surface area contributed by atoms with E-state index >= 15 is 0 Å². The zero-order valence-electron chi connectivity index (χ0n) is 12.5. The van der Waals surface area contributed by atoms with Gasteiger partial charge in [0.05, 0.1) is 0 Å². The topological polar surface area (TPSA) is 41.8 Å². The number of aryl methyl sites for hydroxylation is 2. The van der Waals surface area contributed by atoms with Crippen molar-refractivity contribution in [3.05, 3.63) is 59.7 Å². The summed E-state index contributed by atoms with van der Waals surface area (Å²) in [4.78, 5) is 3.62. The number of fused-ring (bicyclic) bond motifs is 1. The van der Waals surface area contributed by atoms with Crippen molar-refractivity contribution in [2.75, 3.05) is 6.54 Å². The number of nitrogens with two attached hydrogens (primary N) is 1. The molecule has 0 fully saturated rings. The van der Waals surface area contributed by atoms with Gasteiger partial charge in [0.25, 0.3) is 0 Å². The first-order valence-electron chi connectivity index (χ1n) is 7.67. The lowest BCUT2D eigenvalue weighted by atomic mass is 9.98. The van der Waals surface area contributed by atoms with Crippen LogP contribution in [0.5, 0.6) is 0 Å². The molecule has 2 aromatic carbocycles. The van der Waals surface area contributed by atoms with Gasteiger partial charge < -0.3 is 10.7 Å². The smallest absolute Gasteiger partial charge is 0.0500 e. The Balaban J connectivity index is 2.12. The van der Waals surface area contributed by atoms with E-state index < -0.39 is 0 Å². The lowest BCUT2D eigenvalue weighted by Crippen LogP contribution is -1.99. The number of aromatic nitrogens is 1. The van der Waals surface area contributed by atoms with Gasteiger partial charge in [-0.2, -0.15) is 0 Å². The van der Waals surface area contributed by atoms with E-state index in [0.717, 1.165) is 25.8 Å². The van der Waals surface area contributed by atoms with E-state index in [2.05, 4.69) is 60.4 Å². The van der Waals surface area contributed by atoms with Crippen molar-refractivity contribution < 1.29 is 0 Å². The van der Waals surface area contributed by atoms with Crippen molar-refractivity contribution in [1.82, 2.24) is 4.98 Å². The van der Waals surface area contributed by atoms with E-state index in [0.29, 0.717) is 0 Å². The lowest BCUT2D eigenvalue weighted by molar-refractivity contribution is 0.748. The summed E-state index contributed by atoms with van der Waals surface area (Å²) < 4.78 is 0. The highest BCUT2D eigenvalue weighted by Gasteiger charge is 2.13. The van der Waals surface area contributed by atoms with Gasteiger partial charge in [-0.1, -0.05) is 42.5 Å². The summed E-state index contributed by atoms with van der Waals surface area (Å²) >= 11 is 0. The SMILES string of the molecule is Cc1ccccc1-c1[nH]c2ccccc2c1CCCCN. The third-order valence-corrected chi connectivity index (χ3v) is 4.11. The summed E-state index contributed by atoms with van der Waals surface area (Å²) in [7, 11) is 0. The Morgan fingerprint density at radius 1 is 0.952 bits per heavy atom. The molecule has 1 aromatic heterocycles. The Morgan fingerprint density at radius 3 is 2.52 bits per heavy atom. The van der Waals surface area contributed by atoms with Gasteiger partial charge >= 0.3 is 0 Å². The fourth-order valence-electron chi connectivity index (χ4n) is 2.99. The predicted octanol–water partition coefficient (Wildman–Crippen LogP) is 4.42. The Labute approximate surface area is 126 Å². The molecule has 1 heterocycles. The van der Waals surface area contributed by atoms with Crippen LogP contribution in [0, 0.1) is 6.92 Å². The molecule has 0 atom stereocenters. The lowest BCUT2D eigenvalue weighted by Gasteiger charge is -2.08. The summed E-state index contributed by atoms with van der Waals surface area (Å²) in [5, 5.41) is 1.34. The van der Waals surface area contributed by atoms with Gasteiger partial charge in [0.15, 0.2) is 0 Å². The fourth-order valence-corrected chi connectivity index (χ4v) is 2.99. The van der Waals surface area contributed by atoms with Gasteiger partial charge in [0.2, 0.25) is 0 Å². The number of aromatic amines is 1. The number of H-pyrrole nitrogens is 1. The van der Waals surface area contributed by atoms with Crippen molar-refractivity contribution in [3.8, 4) is 11.3 Å². The van der Waals surface area contributed by atoms with Crippen LogP contribution in [0.1, 0.15) is 24.0 Å². The van der Waals surface area contributed by atoms with E-state index in [-0.39, 0.29) is 0 Å². The van der Waals surface area contributed by atoms with Gasteiger partial charge in [-0.15, -0.1) is 0 Å². The number of rotatable bonds is 5. The highest BCUT2D eigenvalue weighted by atomic mass is 14.7. The second-order valence-electron chi connectivity index (χ2n) is 5.58. The third-order valence-electron chi connectivity index (χ3n) is 4.11. The molecule has 108 valence electrons. The summed E-state index contributed by atoms with van der Waals surface area (Å²) in [6, 6.07) is 17.1. The molecule has 0 saturated heterocycles. The highest BCUT2D eigenvalue weighted by Crippen LogP contribution is 2.33. The largest absolute Gasteiger partial charge is 0.354 e. The van der Waals surface area contributed by atoms with Crippen molar-refractivity contribution in [2.45, 2.75) is 26.2 Å². The number of hydrogen-bond acceptors (Lipinski definition) is 1. The molecule has 0 saturated carbocycles. The van der Waals surface area contributed by atoms with E-state index in [9.17, 15) is 0 Å².